The molecule has 2 heterocycles. The zero-order chi connectivity index (χ0) is 35.3. The van der Waals surface area contributed by atoms with E-state index in [9.17, 15) is 31.1 Å². The smallest absolute Gasteiger partial charge is 0.406 e. The van der Waals surface area contributed by atoms with Gasteiger partial charge in [0.05, 0.1) is 11.4 Å². The van der Waals surface area contributed by atoms with Crippen LogP contribution in [0.1, 0.15) is 37.8 Å². The van der Waals surface area contributed by atoms with Crippen molar-refractivity contribution in [1.29, 1.82) is 0 Å². The number of aliphatic imine (C=N–C) groups is 1. The van der Waals surface area contributed by atoms with Crippen LogP contribution in [0.3, 0.4) is 0 Å². The third-order valence-electron chi connectivity index (χ3n) is 6.96. The fraction of sp³-hybridized carbons (Fsp3) is 0.281. The molecule has 2 aromatic heterocycles. The summed E-state index contributed by atoms with van der Waals surface area (Å²) in [6.07, 6.45) is -3.08. The van der Waals surface area contributed by atoms with Crippen LogP contribution in [0, 0.1) is 0 Å². The molecule has 0 atom stereocenters. The molecule has 0 saturated carbocycles. The summed E-state index contributed by atoms with van der Waals surface area (Å²) in [6.45, 7) is 6.01. The summed E-state index contributed by atoms with van der Waals surface area (Å²) in [6, 6.07) is 19.4. The summed E-state index contributed by atoms with van der Waals surface area (Å²) in [5.41, 5.74) is -1.76. The third kappa shape index (κ3) is 9.29. The van der Waals surface area contributed by atoms with E-state index in [0.717, 1.165) is 22.7 Å². The molecule has 0 amide bonds. The summed E-state index contributed by atoms with van der Waals surface area (Å²) >= 11 is 0.528. The van der Waals surface area contributed by atoms with Crippen molar-refractivity contribution in [2.24, 2.45) is 9.98 Å². The Labute approximate surface area is 284 Å². The largest absolute Gasteiger partial charge is 0.573 e. The highest BCUT2D eigenvalue weighted by Gasteiger charge is 2.32. The van der Waals surface area contributed by atoms with Crippen LogP contribution in [0.25, 0.3) is 22.8 Å². The minimum atomic E-state index is -4.80. The second-order valence-corrected chi connectivity index (χ2v) is 12.7. The number of halogens is 6. The maximum absolute atomic E-state index is 13.6. The van der Waals surface area contributed by atoms with Gasteiger partial charge in [0.25, 0.3) is 0 Å². The molecule has 258 valence electrons. The molecular weight excluding hydrogens is 693 g/mol. The quantitative estimate of drug-likeness (QED) is 0.0883. The van der Waals surface area contributed by atoms with E-state index in [1.807, 2.05) is 26.0 Å². The Morgan fingerprint density at radius 2 is 1.67 bits per heavy atom. The Hall–Kier alpha value is -4.64. The van der Waals surface area contributed by atoms with E-state index in [1.165, 1.54) is 43.8 Å². The van der Waals surface area contributed by atoms with Crippen LogP contribution in [0.5, 0.6) is 5.75 Å². The van der Waals surface area contributed by atoms with Crippen molar-refractivity contribution in [3.8, 4) is 28.5 Å². The predicted octanol–water partition coefficient (Wildman–Crippen LogP) is 7.74. The van der Waals surface area contributed by atoms with Crippen LogP contribution in [-0.2, 0) is 13.0 Å². The van der Waals surface area contributed by atoms with Crippen LogP contribution in [-0.4, -0.2) is 46.9 Å². The van der Waals surface area contributed by atoms with Crippen LogP contribution < -0.4 is 15.2 Å². The first-order chi connectivity index (χ1) is 23.2. The molecule has 3 aromatic carbocycles. The maximum Gasteiger partial charge on any atom is 0.573 e. The fourth-order valence-corrected chi connectivity index (χ4v) is 6.15. The highest BCUT2D eigenvalue weighted by molar-refractivity contribution is 8.14. The zero-order valence-electron chi connectivity index (χ0n) is 26.2. The molecule has 17 heteroatoms. The molecule has 0 fully saturated rings. The molecule has 0 spiro atoms. The number of nitrogens with zero attached hydrogens (tertiary/aromatic N) is 7. The van der Waals surface area contributed by atoms with E-state index >= 15 is 0 Å². The van der Waals surface area contributed by atoms with E-state index in [0.29, 0.717) is 35.7 Å². The molecule has 0 aliphatic heterocycles. The molecular formula is C32H29F6N7O2S2. The number of aromatic nitrogens is 5. The molecule has 0 radical (unpaired) electrons. The molecule has 0 unspecified atom stereocenters. The zero-order valence-corrected chi connectivity index (χ0v) is 27.9. The third-order valence-corrected chi connectivity index (χ3v) is 8.67. The van der Waals surface area contributed by atoms with Gasteiger partial charge in [-0.05, 0) is 72.3 Å². The van der Waals surface area contributed by atoms with Gasteiger partial charge in [0, 0.05) is 30.4 Å². The lowest BCUT2D eigenvalue weighted by Crippen LogP contribution is -2.29. The molecule has 0 saturated heterocycles. The second kappa shape index (κ2) is 14.9. The number of benzene rings is 3. The highest BCUT2D eigenvalue weighted by atomic mass is 32.2. The first-order valence-electron chi connectivity index (χ1n) is 14.9. The van der Waals surface area contributed by atoms with E-state index in [2.05, 4.69) is 24.8 Å². The molecule has 0 bridgehead atoms. The summed E-state index contributed by atoms with van der Waals surface area (Å²) in [5, 5.41) is 3.86. The molecule has 0 aliphatic rings. The van der Waals surface area contributed by atoms with Gasteiger partial charge in [0.15, 0.2) is 11.0 Å². The predicted molar refractivity (Wildman–Crippen MR) is 176 cm³/mol. The van der Waals surface area contributed by atoms with E-state index in [1.54, 1.807) is 43.3 Å². The summed E-state index contributed by atoms with van der Waals surface area (Å²) in [7, 11) is 0. The van der Waals surface area contributed by atoms with Gasteiger partial charge in [-0.3, -0.25) is 4.99 Å². The van der Waals surface area contributed by atoms with Gasteiger partial charge in [-0.2, -0.15) is 18.2 Å². The first kappa shape index (κ1) is 35.7. The average Bonchev–Trinajstić information content (AvgIpc) is 3.65. The van der Waals surface area contributed by atoms with Crippen LogP contribution >= 0.6 is 23.3 Å². The number of alkyl halides is 6. The Morgan fingerprint density at radius 1 is 0.980 bits per heavy atom. The van der Waals surface area contributed by atoms with Gasteiger partial charge >= 0.3 is 17.6 Å². The Bertz CT molecular complexity index is 2040. The number of amidine groups is 1. The normalized spacial score (nSPS) is 13.0. The Balaban J connectivity index is 1.35. The molecule has 9 nitrogen and oxygen atoms in total. The van der Waals surface area contributed by atoms with Gasteiger partial charge < -0.3 is 4.74 Å². The van der Waals surface area contributed by atoms with Gasteiger partial charge in [0.1, 0.15) is 12.1 Å². The van der Waals surface area contributed by atoms with Crippen molar-refractivity contribution >= 4 is 28.5 Å². The Kier molecular flexibility index (Phi) is 10.8. The monoisotopic (exact) mass is 721 g/mol. The number of hydrogen-bond donors (Lipinski definition) is 0. The lowest BCUT2D eigenvalue weighted by atomic mass is 10.0. The van der Waals surface area contributed by atoms with Gasteiger partial charge in [-0.15, -0.1) is 18.3 Å². The van der Waals surface area contributed by atoms with Crippen LogP contribution in [0.4, 0.5) is 26.3 Å². The number of para-hydroxylation sites is 1. The maximum atomic E-state index is 13.6. The standard InChI is InChI=1S/C32H29F6N7O2S2/c1-4-44-30(46)45(26-8-6-5-7-25(26)20(2)3)29(49-44)41-28(48-32(36,37)38)39-18-17-21-9-11-22(12-10-21)27-40-19-43(42-27)23-13-15-24(16-14-23)47-31(33,34)35/h5-16,19-20H,4,17-18H2,1-3H3/b39-28?,41-29-. The second-order valence-electron chi connectivity index (χ2n) is 10.7. The van der Waals surface area contributed by atoms with E-state index in [4.69, 9.17) is 0 Å². The lowest BCUT2D eigenvalue weighted by molar-refractivity contribution is -0.274. The van der Waals surface area contributed by atoms with Crippen molar-refractivity contribution in [2.75, 3.05) is 6.54 Å². The van der Waals surface area contributed by atoms with E-state index < -0.39 is 34.5 Å². The summed E-state index contributed by atoms with van der Waals surface area (Å²) in [4.78, 5) is 26.1. The number of thioether (sulfide) groups is 1. The molecule has 49 heavy (non-hydrogen) atoms. The topological polar surface area (TPSA) is 91.6 Å². The van der Waals surface area contributed by atoms with Crippen molar-refractivity contribution in [2.45, 2.75) is 51.5 Å². The van der Waals surface area contributed by atoms with Gasteiger partial charge in [0.2, 0.25) is 4.80 Å². The van der Waals surface area contributed by atoms with Crippen molar-refractivity contribution < 1.29 is 31.1 Å². The van der Waals surface area contributed by atoms with E-state index in [-0.39, 0.29) is 23.0 Å². The van der Waals surface area contributed by atoms with Crippen molar-refractivity contribution in [3.05, 3.63) is 106 Å². The Morgan fingerprint density at radius 3 is 2.31 bits per heavy atom. The lowest BCUT2D eigenvalue weighted by Gasteiger charge is -2.12. The number of aryl methyl sites for hydroxylation is 1. The molecule has 0 aliphatic carbocycles. The van der Waals surface area contributed by atoms with Crippen molar-refractivity contribution in [3.63, 3.8) is 0 Å². The molecule has 5 aromatic rings. The number of rotatable bonds is 9. The first-order valence-corrected chi connectivity index (χ1v) is 16.4. The number of hydrogen-bond acceptors (Lipinski definition) is 7. The van der Waals surface area contributed by atoms with Crippen molar-refractivity contribution in [1.82, 2.24) is 23.3 Å². The summed E-state index contributed by atoms with van der Waals surface area (Å²) < 4.78 is 86.1. The van der Waals surface area contributed by atoms with Gasteiger partial charge in [-0.1, -0.05) is 56.3 Å². The van der Waals surface area contributed by atoms with Crippen LogP contribution in [0.15, 0.2) is 93.9 Å². The highest BCUT2D eigenvalue weighted by Crippen LogP contribution is 2.32. The molecule has 5 rings (SSSR count). The minimum Gasteiger partial charge on any atom is -0.406 e. The minimum absolute atomic E-state index is 0.00580. The average molecular weight is 722 g/mol. The fourth-order valence-electron chi connectivity index (χ4n) is 4.72. The molecule has 0 N–H and O–H groups in total. The SMILES string of the molecule is CCn1s/c(=N\C(=NCCc2ccc(-c3ncn(-c4ccc(OC(F)(F)F)cc4)n3)cc2)SC(F)(F)F)n(-c2ccccc2C(C)C)c1=O. The summed E-state index contributed by atoms with van der Waals surface area (Å²) in [5.74, 6) is 0.0373. The number of ether oxygens (including phenoxy) is 1. The van der Waals surface area contributed by atoms with Gasteiger partial charge in [-0.25, -0.2) is 23.0 Å². The van der Waals surface area contributed by atoms with Crippen LogP contribution in [0.2, 0.25) is 0 Å².